The van der Waals surface area contributed by atoms with Gasteiger partial charge in [0.15, 0.2) is 0 Å². The first-order valence-electron chi connectivity index (χ1n) is 4.07. The molecular formula is C9H12BrNO2. The maximum Gasteiger partial charge on any atom is 0.227 e. The van der Waals surface area contributed by atoms with Gasteiger partial charge in [-0.1, -0.05) is 0 Å². The van der Waals surface area contributed by atoms with Crippen LogP contribution < -0.4 is 4.74 Å². The molecule has 1 aromatic rings. The number of halogens is 1. The van der Waals surface area contributed by atoms with Gasteiger partial charge < -0.3 is 9.47 Å². The predicted molar refractivity (Wildman–Crippen MR) is 53.9 cm³/mol. The molecule has 0 atom stereocenters. The second kappa shape index (κ2) is 5.94. The van der Waals surface area contributed by atoms with E-state index in [0.717, 1.165) is 10.9 Å². The molecule has 1 heterocycles. The third kappa shape index (κ3) is 3.74. The number of pyridine rings is 1. The standard InChI is InChI=1S/C9H12BrNO2/c1-12-6-3-7-13-9-8(10)4-2-5-11-9/h2,4-5H,3,6-7H2,1H3. The highest BCUT2D eigenvalue weighted by atomic mass is 79.9. The van der Waals surface area contributed by atoms with Crippen LogP contribution >= 0.6 is 15.9 Å². The number of ether oxygens (including phenoxy) is 2. The predicted octanol–water partition coefficient (Wildman–Crippen LogP) is 2.26. The lowest BCUT2D eigenvalue weighted by Gasteiger charge is -2.05. The maximum absolute atomic E-state index is 5.40. The van der Waals surface area contributed by atoms with Crippen LogP contribution in [0.2, 0.25) is 0 Å². The number of methoxy groups -OCH3 is 1. The maximum atomic E-state index is 5.40. The summed E-state index contributed by atoms with van der Waals surface area (Å²) in [5.41, 5.74) is 0. The number of hydrogen-bond acceptors (Lipinski definition) is 3. The van der Waals surface area contributed by atoms with Gasteiger partial charge in [0.1, 0.15) is 0 Å². The van der Waals surface area contributed by atoms with Crippen molar-refractivity contribution in [1.82, 2.24) is 4.98 Å². The Morgan fingerprint density at radius 2 is 2.31 bits per heavy atom. The van der Waals surface area contributed by atoms with Gasteiger partial charge in [-0.05, 0) is 28.1 Å². The largest absolute Gasteiger partial charge is 0.477 e. The molecule has 1 aromatic heterocycles. The van der Waals surface area contributed by atoms with E-state index in [4.69, 9.17) is 9.47 Å². The molecule has 0 aromatic carbocycles. The van der Waals surface area contributed by atoms with Gasteiger partial charge in [-0.2, -0.15) is 0 Å². The van der Waals surface area contributed by atoms with Crippen molar-refractivity contribution >= 4 is 15.9 Å². The van der Waals surface area contributed by atoms with Crippen molar-refractivity contribution < 1.29 is 9.47 Å². The smallest absolute Gasteiger partial charge is 0.227 e. The Bertz CT molecular complexity index is 255. The highest BCUT2D eigenvalue weighted by Crippen LogP contribution is 2.20. The zero-order valence-corrected chi connectivity index (χ0v) is 9.08. The van der Waals surface area contributed by atoms with Crippen LogP contribution in [0, 0.1) is 0 Å². The summed E-state index contributed by atoms with van der Waals surface area (Å²) in [6, 6.07) is 3.75. The summed E-state index contributed by atoms with van der Waals surface area (Å²) in [6.07, 6.45) is 2.58. The second-order valence-electron chi connectivity index (χ2n) is 2.49. The molecule has 0 saturated heterocycles. The van der Waals surface area contributed by atoms with Crippen molar-refractivity contribution in [2.24, 2.45) is 0 Å². The summed E-state index contributed by atoms with van der Waals surface area (Å²) in [5.74, 6) is 0.638. The molecule has 0 aliphatic heterocycles. The van der Waals surface area contributed by atoms with E-state index in [-0.39, 0.29) is 0 Å². The monoisotopic (exact) mass is 245 g/mol. The van der Waals surface area contributed by atoms with Crippen LogP contribution in [0.5, 0.6) is 5.88 Å². The van der Waals surface area contributed by atoms with Gasteiger partial charge in [0.05, 0.1) is 11.1 Å². The first kappa shape index (κ1) is 10.5. The third-order valence-electron chi connectivity index (χ3n) is 1.46. The fraction of sp³-hybridized carbons (Fsp3) is 0.444. The highest BCUT2D eigenvalue weighted by Gasteiger charge is 1.99. The lowest BCUT2D eigenvalue weighted by Crippen LogP contribution is -2.02. The Hall–Kier alpha value is -0.610. The third-order valence-corrected chi connectivity index (χ3v) is 2.06. The number of rotatable bonds is 5. The van der Waals surface area contributed by atoms with Crippen LogP contribution in [0.4, 0.5) is 0 Å². The fourth-order valence-corrected chi connectivity index (χ4v) is 1.22. The summed E-state index contributed by atoms with van der Waals surface area (Å²) in [4.78, 5) is 4.07. The minimum absolute atomic E-state index is 0.628. The Labute approximate surface area is 86.2 Å². The highest BCUT2D eigenvalue weighted by molar-refractivity contribution is 9.10. The van der Waals surface area contributed by atoms with Crippen molar-refractivity contribution in [3.8, 4) is 5.88 Å². The molecule has 0 aliphatic rings. The van der Waals surface area contributed by atoms with Crippen molar-refractivity contribution in [1.29, 1.82) is 0 Å². The molecular weight excluding hydrogens is 234 g/mol. The van der Waals surface area contributed by atoms with Crippen LogP contribution in [0.3, 0.4) is 0 Å². The van der Waals surface area contributed by atoms with E-state index in [1.807, 2.05) is 12.1 Å². The summed E-state index contributed by atoms with van der Waals surface area (Å²) in [7, 11) is 1.68. The van der Waals surface area contributed by atoms with Gasteiger partial charge in [0.2, 0.25) is 5.88 Å². The fourth-order valence-electron chi connectivity index (χ4n) is 0.850. The van der Waals surface area contributed by atoms with Crippen LogP contribution in [-0.2, 0) is 4.74 Å². The molecule has 0 amide bonds. The number of hydrogen-bond donors (Lipinski definition) is 0. The molecule has 3 nitrogen and oxygen atoms in total. The quantitative estimate of drug-likeness (QED) is 0.747. The van der Waals surface area contributed by atoms with Gasteiger partial charge in [0, 0.05) is 26.3 Å². The average Bonchev–Trinajstić information content (AvgIpc) is 2.15. The summed E-state index contributed by atoms with van der Waals surface area (Å²) in [6.45, 7) is 1.34. The minimum Gasteiger partial charge on any atom is -0.477 e. The van der Waals surface area contributed by atoms with Gasteiger partial charge in [-0.25, -0.2) is 4.98 Å². The van der Waals surface area contributed by atoms with Gasteiger partial charge in [0.25, 0.3) is 0 Å². The van der Waals surface area contributed by atoms with Gasteiger partial charge >= 0.3 is 0 Å². The normalized spacial score (nSPS) is 10.0. The first-order chi connectivity index (χ1) is 6.34. The topological polar surface area (TPSA) is 31.4 Å². The van der Waals surface area contributed by atoms with Crippen molar-refractivity contribution in [2.45, 2.75) is 6.42 Å². The van der Waals surface area contributed by atoms with Crippen molar-refractivity contribution in [2.75, 3.05) is 20.3 Å². The molecule has 13 heavy (non-hydrogen) atoms. The SMILES string of the molecule is COCCCOc1ncccc1Br. The zero-order valence-electron chi connectivity index (χ0n) is 7.50. The molecule has 72 valence electrons. The van der Waals surface area contributed by atoms with E-state index in [0.29, 0.717) is 19.1 Å². The Morgan fingerprint density at radius 3 is 3.00 bits per heavy atom. The van der Waals surface area contributed by atoms with E-state index in [9.17, 15) is 0 Å². The lowest BCUT2D eigenvalue weighted by atomic mass is 10.5. The van der Waals surface area contributed by atoms with Crippen LogP contribution in [0.25, 0.3) is 0 Å². The Kier molecular flexibility index (Phi) is 4.78. The zero-order chi connectivity index (χ0) is 9.52. The molecule has 0 aliphatic carbocycles. The van der Waals surface area contributed by atoms with Gasteiger partial charge in [-0.15, -0.1) is 0 Å². The van der Waals surface area contributed by atoms with E-state index >= 15 is 0 Å². The Balaban J connectivity index is 2.32. The molecule has 4 heteroatoms. The number of aromatic nitrogens is 1. The van der Waals surface area contributed by atoms with Crippen LogP contribution in [0.15, 0.2) is 22.8 Å². The molecule has 1 rings (SSSR count). The van der Waals surface area contributed by atoms with Crippen LogP contribution in [0.1, 0.15) is 6.42 Å². The van der Waals surface area contributed by atoms with E-state index in [2.05, 4.69) is 20.9 Å². The van der Waals surface area contributed by atoms with Crippen LogP contribution in [-0.4, -0.2) is 25.3 Å². The molecule has 0 saturated carbocycles. The first-order valence-corrected chi connectivity index (χ1v) is 4.86. The lowest BCUT2D eigenvalue weighted by molar-refractivity contribution is 0.170. The van der Waals surface area contributed by atoms with Crippen molar-refractivity contribution in [3.63, 3.8) is 0 Å². The molecule has 0 fully saturated rings. The van der Waals surface area contributed by atoms with E-state index in [1.165, 1.54) is 0 Å². The number of nitrogens with zero attached hydrogens (tertiary/aromatic N) is 1. The van der Waals surface area contributed by atoms with E-state index < -0.39 is 0 Å². The van der Waals surface area contributed by atoms with E-state index in [1.54, 1.807) is 13.3 Å². The summed E-state index contributed by atoms with van der Waals surface area (Å²) >= 11 is 3.35. The summed E-state index contributed by atoms with van der Waals surface area (Å²) in [5, 5.41) is 0. The second-order valence-corrected chi connectivity index (χ2v) is 3.34. The molecule has 0 radical (unpaired) electrons. The minimum atomic E-state index is 0.628. The molecule has 0 bridgehead atoms. The molecule has 0 spiro atoms. The Morgan fingerprint density at radius 1 is 1.46 bits per heavy atom. The molecule has 0 unspecified atom stereocenters. The molecule has 0 N–H and O–H groups in total. The average molecular weight is 246 g/mol. The van der Waals surface area contributed by atoms with Gasteiger partial charge in [-0.3, -0.25) is 0 Å². The summed E-state index contributed by atoms with van der Waals surface area (Å²) < 4.78 is 11.2. The van der Waals surface area contributed by atoms with Crippen molar-refractivity contribution in [3.05, 3.63) is 22.8 Å².